The lowest BCUT2D eigenvalue weighted by Gasteiger charge is -2.11. The van der Waals surface area contributed by atoms with E-state index in [-0.39, 0.29) is 17.1 Å². The average Bonchev–Trinajstić information content (AvgIpc) is 2.86. The Morgan fingerprint density at radius 1 is 1.04 bits per heavy atom. The van der Waals surface area contributed by atoms with Gasteiger partial charge in [0.2, 0.25) is 0 Å². The molecule has 3 rings (SSSR count). The van der Waals surface area contributed by atoms with Crippen molar-refractivity contribution in [1.82, 2.24) is 9.13 Å². The fourth-order valence-electron chi connectivity index (χ4n) is 3.05. The van der Waals surface area contributed by atoms with Gasteiger partial charge in [0.25, 0.3) is 0 Å². The molecule has 0 N–H and O–H groups in total. The number of fused-ring (bicyclic) bond motifs is 1. The summed E-state index contributed by atoms with van der Waals surface area (Å²) in [5, 5.41) is 0.253. The van der Waals surface area contributed by atoms with Gasteiger partial charge >= 0.3 is 11.9 Å². The van der Waals surface area contributed by atoms with Crippen LogP contribution in [0, 0.1) is 0 Å². The summed E-state index contributed by atoms with van der Waals surface area (Å²) in [7, 11) is 1.51. The Labute approximate surface area is 163 Å². The molecule has 0 spiro atoms. The zero-order valence-electron chi connectivity index (χ0n) is 15.2. The molecule has 150 valence electrons. The van der Waals surface area contributed by atoms with Gasteiger partial charge in [0.1, 0.15) is 6.54 Å². The summed E-state index contributed by atoms with van der Waals surface area (Å²) in [5.41, 5.74) is 0.427. The topological polar surface area (TPSA) is 45.4 Å². The number of halogens is 4. The van der Waals surface area contributed by atoms with Crippen LogP contribution >= 0.6 is 11.6 Å². The van der Waals surface area contributed by atoms with Crippen molar-refractivity contribution in [2.45, 2.75) is 26.2 Å². The number of rotatable bonds is 6. The van der Waals surface area contributed by atoms with E-state index in [2.05, 4.69) is 0 Å². The zero-order chi connectivity index (χ0) is 20.5. The maximum atomic E-state index is 13.0. The first-order valence-electron chi connectivity index (χ1n) is 8.48. The van der Waals surface area contributed by atoms with Crippen LogP contribution in [0.5, 0.6) is 11.5 Å². The van der Waals surface area contributed by atoms with Crippen LogP contribution in [-0.2, 0) is 13.1 Å². The fourth-order valence-corrected chi connectivity index (χ4v) is 3.21. The number of alkyl halides is 3. The van der Waals surface area contributed by atoms with E-state index in [1.165, 1.54) is 23.8 Å². The lowest BCUT2D eigenvalue weighted by molar-refractivity contribution is -0.140. The lowest BCUT2D eigenvalue weighted by Crippen LogP contribution is -2.30. The minimum Gasteiger partial charge on any atom is -0.493 e. The summed E-state index contributed by atoms with van der Waals surface area (Å²) in [4.78, 5) is 12.7. The van der Waals surface area contributed by atoms with E-state index in [1.807, 2.05) is 6.92 Å². The summed E-state index contributed by atoms with van der Waals surface area (Å²) < 4.78 is 51.7. The van der Waals surface area contributed by atoms with Gasteiger partial charge in [-0.15, -0.1) is 0 Å². The van der Waals surface area contributed by atoms with Crippen LogP contribution in [0.15, 0.2) is 41.2 Å². The van der Waals surface area contributed by atoms with Crippen molar-refractivity contribution in [1.29, 1.82) is 0 Å². The van der Waals surface area contributed by atoms with E-state index in [9.17, 15) is 18.0 Å². The molecule has 5 nitrogen and oxygen atoms in total. The van der Waals surface area contributed by atoms with Gasteiger partial charge in [-0.2, -0.15) is 13.2 Å². The van der Waals surface area contributed by atoms with Crippen LogP contribution in [0.3, 0.4) is 0 Å². The van der Waals surface area contributed by atoms with Crippen LogP contribution in [-0.4, -0.2) is 29.0 Å². The lowest BCUT2D eigenvalue weighted by atomic mass is 10.2. The second-order valence-electron chi connectivity index (χ2n) is 6.12. The average molecular weight is 415 g/mol. The third-order valence-corrected chi connectivity index (χ3v) is 4.42. The Morgan fingerprint density at radius 3 is 2.43 bits per heavy atom. The number of hydrogen-bond donors (Lipinski definition) is 0. The van der Waals surface area contributed by atoms with E-state index in [0.29, 0.717) is 33.8 Å². The molecular weight excluding hydrogens is 397 g/mol. The van der Waals surface area contributed by atoms with Crippen LogP contribution in [0.4, 0.5) is 13.2 Å². The highest BCUT2D eigenvalue weighted by Gasteiger charge is 2.30. The maximum absolute atomic E-state index is 13.0. The number of benzene rings is 2. The molecule has 0 amide bonds. The molecule has 1 aromatic heterocycles. The molecule has 28 heavy (non-hydrogen) atoms. The first kappa shape index (κ1) is 20.1. The van der Waals surface area contributed by atoms with Gasteiger partial charge in [-0.3, -0.25) is 9.13 Å². The smallest absolute Gasteiger partial charge is 0.406 e. The molecule has 0 fully saturated rings. The molecule has 9 heteroatoms. The molecule has 3 aromatic rings. The largest absolute Gasteiger partial charge is 0.493 e. The highest BCUT2D eigenvalue weighted by Crippen LogP contribution is 2.29. The highest BCUT2D eigenvalue weighted by atomic mass is 35.5. The fraction of sp³-hybridized carbons (Fsp3) is 0.316. The van der Waals surface area contributed by atoms with Crippen molar-refractivity contribution in [3.05, 3.63) is 57.5 Å². The normalized spacial score (nSPS) is 11.8. The van der Waals surface area contributed by atoms with Crippen molar-refractivity contribution in [3.63, 3.8) is 0 Å². The molecule has 0 aliphatic carbocycles. The Hall–Kier alpha value is -2.61. The molecule has 1 heterocycles. The zero-order valence-corrected chi connectivity index (χ0v) is 16.0. The summed E-state index contributed by atoms with van der Waals surface area (Å²) in [5.74, 6) is 1.03. The predicted molar refractivity (Wildman–Crippen MR) is 101 cm³/mol. The van der Waals surface area contributed by atoms with Crippen molar-refractivity contribution in [2.75, 3.05) is 13.7 Å². The van der Waals surface area contributed by atoms with Crippen molar-refractivity contribution < 1.29 is 22.6 Å². The van der Waals surface area contributed by atoms with Gasteiger partial charge < -0.3 is 9.47 Å². The van der Waals surface area contributed by atoms with Gasteiger partial charge in [0.15, 0.2) is 11.5 Å². The van der Waals surface area contributed by atoms with Crippen LogP contribution in [0.1, 0.15) is 12.5 Å². The van der Waals surface area contributed by atoms with Gasteiger partial charge in [-0.1, -0.05) is 17.7 Å². The maximum Gasteiger partial charge on any atom is 0.406 e. The van der Waals surface area contributed by atoms with Crippen LogP contribution in [0.25, 0.3) is 11.0 Å². The predicted octanol–water partition coefficient (Wildman–Crippen LogP) is 4.47. The third kappa shape index (κ3) is 4.11. The van der Waals surface area contributed by atoms with Gasteiger partial charge in [-0.25, -0.2) is 4.79 Å². The summed E-state index contributed by atoms with van der Waals surface area (Å²) in [6.45, 7) is 0.933. The standard InChI is InChI=1S/C19H18ClF3N2O3/c1-3-28-17-8-12(4-7-16(17)27-2)10-24-14-6-5-13(20)9-15(14)25(18(24)26)11-19(21,22)23/h4-9H,3,10-11H2,1-2H3. The molecule has 0 bridgehead atoms. The van der Waals surface area contributed by atoms with Crippen molar-refractivity contribution >= 4 is 22.6 Å². The molecular formula is C19H18ClF3N2O3. The second-order valence-corrected chi connectivity index (χ2v) is 6.56. The molecule has 2 aromatic carbocycles. The second kappa shape index (κ2) is 7.79. The Bertz CT molecular complexity index is 1060. The molecule has 0 aliphatic heterocycles. The first-order valence-corrected chi connectivity index (χ1v) is 8.86. The Balaban J connectivity index is 2.10. The third-order valence-electron chi connectivity index (χ3n) is 4.19. The SMILES string of the molecule is CCOc1cc(Cn2c(=O)n(CC(F)(F)F)c3cc(Cl)ccc32)ccc1OC. The van der Waals surface area contributed by atoms with Gasteiger partial charge in [0.05, 0.1) is 31.3 Å². The minimum absolute atomic E-state index is 0.0753. The number of nitrogens with zero attached hydrogens (tertiary/aromatic N) is 2. The van der Waals surface area contributed by atoms with E-state index in [0.717, 1.165) is 0 Å². The molecule has 0 atom stereocenters. The van der Waals surface area contributed by atoms with Gasteiger partial charge in [0, 0.05) is 5.02 Å². The highest BCUT2D eigenvalue weighted by molar-refractivity contribution is 6.31. The minimum atomic E-state index is -4.53. The number of methoxy groups -OCH3 is 1. The van der Waals surface area contributed by atoms with E-state index in [4.69, 9.17) is 21.1 Å². The van der Waals surface area contributed by atoms with Crippen molar-refractivity contribution in [3.8, 4) is 11.5 Å². The Morgan fingerprint density at radius 2 is 1.79 bits per heavy atom. The molecule has 0 radical (unpaired) electrons. The summed E-state index contributed by atoms with van der Waals surface area (Å²) >= 11 is 5.94. The molecule has 0 saturated carbocycles. The van der Waals surface area contributed by atoms with E-state index < -0.39 is 18.4 Å². The van der Waals surface area contributed by atoms with Crippen LogP contribution in [0.2, 0.25) is 5.02 Å². The monoisotopic (exact) mass is 414 g/mol. The van der Waals surface area contributed by atoms with Crippen molar-refractivity contribution in [2.24, 2.45) is 0 Å². The quantitative estimate of drug-likeness (QED) is 0.597. The number of ether oxygens (including phenoxy) is 2. The Kier molecular flexibility index (Phi) is 5.60. The number of imidazole rings is 1. The summed E-state index contributed by atoms with van der Waals surface area (Å²) in [6.07, 6.45) is -4.53. The molecule has 0 aliphatic rings. The first-order chi connectivity index (χ1) is 13.2. The molecule has 0 saturated heterocycles. The van der Waals surface area contributed by atoms with Gasteiger partial charge in [-0.05, 0) is 42.8 Å². The van der Waals surface area contributed by atoms with Crippen LogP contribution < -0.4 is 15.2 Å². The summed E-state index contributed by atoms with van der Waals surface area (Å²) in [6, 6.07) is 9.57. The molecule has 0 unspecified atom stereocenters. The van der Waals surface area contributed by atoms with E-state index >= 15 is 0 Å². The number of aromatic nitrogens is 2. The number of hydrogen-bond acceptors (Lipinski definition) is 3. The van der Waals surface area contributed by atoms with E-state index in [1.54, 1.807) is 24.3 Å².